The summed E-state index contributed by atoms with van der Waals surface area (Å²) in [6, 6.07) is 14.6. The number of nitrogens with one attached hydrogen (secondary N) is 2. The number of imidazole rings is 1. The predicted molar refractivity (Wildman–Crippen MR) is 109 cm³/mol. The summed E-state index contributed by atoms with van der Waals surface area (Å²) in [4.78, 5) is 16.3. The third kappa shape index (κ3) is 3.90. The van der Waals surface area contributed by atoms with Gasteiger partial charge in [0.2, 0.25) is 5.95 Å². The quantitative estimate of drug-likeness (QED) is 0.431. The summed E-state index contributed by atoms with van der Waals surface area (Å²) < 4.78 is 40.1. The van der Waals surface area contributed by atoms with Gasteiger partial charge in [0, 0.05) is 23.1 Å². The van der Waals surface area contributed by atoms with E-state index in [0.717, 1.165) is 28.8 Å². The Labute approximate surface area is 169 Å². The van der Waals surface area contributed by atoms with Crippen molar-refractivity contribution in [3.8, 4) is 11.1 Å². The molecule has 2 amide bonds. The lowest BCUT2D eigenvalue weighted by atomic mass is 10.1. The molecule has 6 nitrogen and oxygen atoms in total. The average Bonchev–Trinajstić information content (AvgIpc) is 3.09. The summed E-state index contributed by atoms with van der Waals surface area (Å²) in [6.45, 7) is 0. The van der Waals surface area contributed by atoms with Gasteiger partial charge in [-0.25, -0.2) is 9.78 Å². The van der Waals surface area contributed by atoms with Crippen molar-refractivity contribution in [2.75, 3.05) is 16.4 Å². The summed E-state index contributed by atoms with van der Waals surface area (Å²) in [6.07, 6.45) is -0.985. The second-order valence-corrected chi connectivity index (χ2v) is 6.53. The number of pyridine rings is 1. The summed E-state index contributed by atoms with van der Waals surface area (Å²) in [5.74, 6) is 0.386. The van der Waals surface area contributed by atoms with Gasteiger partial charge in [-0.1, -0.05) is 24.3 Å². The third-order valence-corrected chi connectivity index (χ3v) is 4.50. The predicted octanol–water partition coefficient (Wildman–Crippen LogP) is 5.25. The molecule has 0 aliphatic carbocycles. The summed E-state index contributed by atoms with van der Waals surface area (Å²) in [5.41, 5.74) is 8.19. The Morgan fingerprint density at radius 1 is 0.967 bits per heavy atom. The number of amides is 2. The first-order valence-electron chi connectivity index (χ1n) is 8.88. The van der Waals surface area contributed by atoms with E-state index in [-0.39, 0.29) is 5.69 Å². The van der Waals surface area contributed by atoms with E-state index in [9.17, 15) is 18.0 Å². The van der Waals surface area contributed by atoms with Gasteiger partial charge >= 0.3 is 12.2 Å². The normalized spacial score (nSPS) is 11.4. The highest BCUT2D eigenvalue weighted by Crippen LogP contribution is 2.31. The molecule has 0 radical (unpaired) electrons. The van der Waals surface area contributed by atoms with E-state index in [1.165, 1.54) is 12.1 Å². The van der Waals surface area contributed by atoms with E-state index in [1.807, 2.05) is 30.5 Å². The van der Waals surface area contributed by atoms with Gasteiger partial charge < -0.3 is 16.4 Å². The van der Waals surface area contributed by atoms with Crippen LogP contribution < -0.4 is 16.4 Å². The molecule has 4 aromatic rings. The Bertz CT molecular complexity index is 1220. The van der Waals surface area contributed by atoms with Crippen molar-refractivity contribution in [1.82, 2.24) is 9.38 Å². The molecule has 0 saturated carbocycles. The maximum atomic E-state index is 12.8. The second-order valence-electron chi connectivity index (χ2n) is 6.53. The van der Waals surface area contributed by atoms with Gasteiger partial charge in [-0.3, -0.25) is 4.40 Å². The molecule has 9 heteroatoms. The molecule has 0 bridgehead atoms. The molecule has 0 saturated heterocycles. The van der Waals surface area contributed by atoms with Gasteiger partial charge in [0.25, 0.3) is 0 Å². The van der Waals surface area contributed by atoms with Crippen molar-refractivity contribution in [2.24, 2.45) is 0 Å². The van der Waals surface area contributed by atoms with Crippen LogP contribution in [0, 0.1) is 0 Å². The number of rotatable bonds is 3. The van der Waals surface area contributed by atoms with Crippen molar-refractivity contribution in [3.63, 3.8) is 0 Å². The zero-order valence-electron chi connectivity index (χ0n) is 15.4. The largest absolute Gasteiger partial charge is 0.416 e. The SMILES string of the molecule is Nc1ncc2c(-c3ccc(NC(=O)Nc4cccc(C(F)(F)F)c4)cc3)cccn12. The van der Waals surface area contributed by atoms with Crippen LogP contribution >= 0.6 is 0 Å². The molecule has 0 spiro atoms. The number of carbonyl (C=O) groups excluding carboxylic acids is 1. The van der Waals surface area contributed by atoms with Gasteiger partial charge in [0.05, 0.1) is 17.3 Å². The van der Waals surface area contributed by atoms with Crippen LogP contribution in [-0.4, -0.2) is 15.4 Å². The van der Waals surface area contributed by atoms with E-state index < -0.39 is 17.8 Å². The molecule has 0 aliphatic heterocycles. The number of hydrogen-bond donors (Lipinski definition) is 3. The third-order valence-electron chi connectivity index (χ3n) is 4.50. The highest BCUT2D eigenvalue weighted by atomic mass is 19.4. The van der Waals surface area contributed by atoms with Crippen LogP contribution in [0.5, 0.6) is 0 Å². The van der Waals surface area contributed by atoms with Gasteiger partial charge in [0.1, 0.15) is 0 Å². The first kappa shape index (κ1) is 19.3. The Hall–Kier alpha value is -4.01. The van der Waals surface area contributed by atoms with E-state index >= 15 is 0 Å². The van der Waals surface area contributed by atoms with Crippen LogP contribution in [0.1, 0.15) is 5.56 Å². The standard InChI is InChI=1S/C21H16F3N5O/c22-21(23,24)14-3-1-4-16(11-14)28-20(30)27-15-8-6-13(7-9-15)17-5-2-10-29-18(17)12-26-19(29)25/h1-12H,(H2,25,26)(H2,27,28,30). The number of aromatic nitrogens is 2. The molecule has 2 aromatic heterocycles. The molecule has 0 atom stereocenters. The zero-order valence-corrected chi connectivity index (χ0v) is 15.4. The molecule has 2 aromatic carbocycles. The van der Waals surface area contributed by atoms with Gasteiger partial charge in [-0.2, -0.15) is 13.2 Å². The highest BCUT2D eigenvalue weighted by Gasteiger charge is 2.30. The minimum absolute atomic E-state index is 0.0453. The Balaban J connectivity index is 1.48. The number of carbonyl (C=O) groups is 1. The molecule has 0 unspecified atom stereocenters. The number of anilines is 3. The molecule has 0 fully saturated rings. The monoisotopic (exact) mass is 411 g/mol. The first-order valence-corrected chi connectivity index (χ1v) is 8.88. The molecule has 30 heavy (non-hydrogen) atoms. The molecule has 0 aliphatic rings. The lowest BCUT2D eigenvalue weighted by molar-refractivity contribution is -0.137. The fourth-order valence-electron chi connectivity index (χ4n) is 3.09. The second kappa shape index (κ2) is 7.43. The fourth-order valence-corrected chi connectivity index (χ4v) is 3.09. The van der Waals surface area contributed by atoms with Crippen LogP contribution in [0.25, 0.3) is 16.6 Å². The lowest BCUT2D eigenvalue weighted by Gasteiger charge is -2.11. The number of nitrogen functional groups attached to an aromatic ring is 1. The highest BCUT2D eigenvalue weighted by molar-refractivity contribution is 6.00. The number of nitrogens with two attached hydrogens (primary N) is 1. The van der Waals surface area contributed by atoms with Crippen molar-refractivity contribution in [1.29, 1.82) is 0 Å². The van der Waals surface area contributed by atoms with E-state index in [2.05, 4.69) is 15.6 Å². The lowest BCUT2D eigenvalue weighted by Crippen LogP contribution is -2.19. The number of hydrogen-bond acceptors (Lipinski definition) is 3. The van der Waals surface area contributed by atoms with Crippen LogP contribution in [0.2, 0.25) is 0 Å². The maximum absolute atomic E-state index is 12.8. The summed E-state index contributed by atoms with van der Waals surface area (Å²) >= 11 is 0. The molecule has 4 rings (SSSR count). The Kier molecular flexibility index (Phi) is 4.78. The van der Waals surface area contributed by atoms with Crippen LogP contribution in [0.4, 0.5) is 35.3 Å². The van der Waals surface area contributed by atoms with E-state index in [0.29, 0.717) is 11.6 Å². The Morgan fingerprint density at radius 3 is 2.43 bits per heavy atom. The number of fused-ring (bicyclic) bond motifs is 1. The van der Waals surface area contributed by atoms with Gasteiger partial charge in [0.15, 0.2) is 0 Å². The number of urea groups is 1. The molecular formula is C21H16F3N5O. The topological polar surface area (TPSA) is 84.4 Å². The molecular weight excluding hydrogens is 395 g/mol. The van der Waals surface area contributed by atoms with Crippen molar-refractivity contribution < 1.29 is 18.0 Å². The van der Waals surface area contributed by atoms with E-state index in [4.69, 9.17) is 5.73 Å². The number of benzene rings is 2. The first-order chi connectivity index (χ1) is 14.3. The van der Waals surface area contributed by atoms with Crippen molar-refractivity contribution in [2.45, 2.75) is 6.18 Å². The zero-order chi connectivity index (χ0) is 21.3. The number of alkyl halides is 3. The van der Waals surface area contributed by atoms with Gasteiger partial charge in [-0.15, -0.1) is 0 Å². The number of halogens is 3. The Morgan fingerprint density at radius 2 is 1.70 bits per heavy atom. The summed E-state index contributed by atoms with van der Waals surface area (Å²) in [7, 11) is 0. The van der Waals surface area contributed by atoms with Crippen LogP contribution in [0.3, 0.4) is 0 Å². The smallest absolute Gasteiger partial charge is 0.369 e. The van der Waals surface area contributed by atoms with Gasteiger partial charge in [-0.05, 0) is 42.0 Å². The van der Waals surface area contributed by atoms with Crippen molar-refractivity contribution in [3.05, 3.63) is 78.6 Å². The minimum Gasteiger partial charge on any atom is -0.369 e. The molecule has 2 heterocycles. The minimum atomic E-state index is -4.48. The molecule has 4 N–H and O–H groups in total. The maximum Gasteiger partial charge on any atom is 0.416 e. The summed E-state index contributed by atoms with van der Waals surface area (Å²) in [5, 5.41) is 5.00. The van der Waals surface area contributed by atoms with Crippen LogP contribution in [0.15, 0.2) is 73.1 Å². The van der Waals surface area contributed by atoms with Crippen molar-refractivity contribution >= 4 is 28.9 Å². The average molecular weight is 411 g/mol. The number of nitrogens with zero attached hydrogens (tertiary/aromatic N) is 2. The molecule has 152 valence electrons. The van der Waals surface area contributed by atoms with Crippen LogP contribution in [-0.2, 0) is 6.18 Å². The fraction of sp³-hybridized carbons (Fsp3) is 0.0476. The van der Waals surface area contributed by atoms with E-state index in [1.54, 1.807) is 22.7 Å².